The van der Waals surface area contributed by atoms with Crippen LogP contribution in [0.5, 0.6) is 5.75 Å². The van der Waals surface area contributed by atoms with E-state index in [9.17, 15) is 4.79 Å². The average Bonchev–Trinajstić information content (AvgIpc) is 2.55. The normalized spacial score (nSPS) is 10.3. The summed E-state index contributed by atoms with van der Waals surface area (Å²) in [4.78, 5) is 14.0. The van der Waals surface area contributed by atoms with Gasteiger partial charge in [0.1, 0.15) is 12.4 Å². The van der Waals surface area contributed by atoms with Gasteiger partial charge in [0, 0.05) is 17.3 Å². The summed E-state index contributed by atoms with van der Waals surface area (Å²) in [5.74, 6) is 0.747. The number of rotatable bonds is 6. The highest BCUT2D eigenvalue weighted by atomic mass is 35.5. The lowest BCUT2D eigenvalue weighted by Crippen LogP contribution is -2.41. The van der Waals surface area contributed by atoms with E-state index >= 15 is 0 Å². The highest BCUT2D eigenvalue weighted by Gasteiger charge is 2.13. The molecule has 2 amide bonds. The fourth-order valence-corrected chi connectivity index (χ4v) is 2.49. The van der Waals surface area contributed by atoms with Crippen LogP contribution in [0, 0.1) is 13.8 Å². The molecule has 0 aliphatic rings. The zero-order chi connectivity index (χ0) is 17.5. The summed E-state index contributed by atoms with van der Waals surface area (Å²) in [7, 11) is 0. The van der Waals surface area contributed by atoms with E-state index < -0.39 is 0 Å². The summed E-state index contributed by atoms with van der Waals surface area (Å²) in [6.07, 6.45) is 0. The van der Waals surface area contributed by atoms with E-state index in [0.717, 1.165) is 22.6 Å². The number of carbonyl (C=O) groups is 1. The molecule has 0 aliphatic heterocycles. The molecule has 2 rings (SSSR count). The van der Waals surface area contributed by atoms with Gasteiger partial charge in [-0.15, -0.1) is 0 Å². The third-order valence-corrected chi connectivity index (χ3v) is 4.08. The topological polar surface area (TPSA) is 41.6 Å². The number of ether oxygens (including phenoxy) is 1. The van der Waals surface area contributed by atoms with Crippen LogP contribution in [0.15, 0.2) is 42.5 Å². The van der Waals surface area contributed by atoms with Crippen LogP contribution in [0.25, 0.3) is 0 Å². The van der Waals surface area contributed by atoms with E-state index in [1.54, 1.807) is 11.0 Å². The van der Waals surface area contributed by atoms with Crippen molar-refractivity contribution in [3.8, 4) is 5.75 Å². The van der Waals surface area contributed by atoms with E-state index in [0.29, 0.717) is 24.7 Å². The zero-order valence-electron chi connectivity index (χ0n) is 14.3. The third kappa shape index (κ3) is 4.90. The van der Waals surface area contributed by atoms with Gasteiger partial charge in [-0.2, -0.15) is 0 Å². The van der Waals surface area contributed by atoms with E-state index in [1.165, 1.54) is 0 Å². The Bertz CT molecular complexity index is 704. The van der Waals surface area contributed by atoms with Gasteiger partial charge in [-0.05, 0) is 62.2 Å². The number of anilines is 1. The lowest BCUT2D eigenvalue weighted by atomic mass is 10.2. The molecule has 0 saturated carbocycles. The van der Waals surface area contributed by atoms with Crippen molar-refractivity contribution >= 4 is 23.3 Å². The maximum Gasteiger partial charge on any atom is 0.321 e. The van der Waals surface area contributed by atoms with E-state index in [2.05, 4.69) is 5.32 Å². The lowest BCUT2D eigenvalue weighted by molar-refractivity contribution is 0.242. The first kappa shape index (κ1) is 18.1. The molecule has 5 heteroatoms. The van der Waals surface area contributed by atoms with Crippen LogP contribution in [0.2, 0.25) is 5.02 Å². The van der Waals surface area contributed by atoms with Crippen molar-refractivity contribution in [2.24, 2.45) is 0 Å². The SMILES string of the molecule is CCN(C(=O)NCCOc1ccc(Cl)c(C)c1)c1cccc(C)c1. The first-order valence-electron chi connectivity index (χ1n) is 8.02. The smallest absolute Gasteiger partial charge is 0.321 e. The molecular formula is C19H23ClN2O2. The Balaban J connectivity index is 1.84. The Kier molecular flexibility index (Phi) is 6.50. The minimum atomic E-state index is -0.126. The van der Waals surface area contributed by atoms with Crippen LogP contribution in [0.1, 0.15) is 18.1 Å². The fourth-order valence-electron chi connectivity index (χ4n) is 2.37. The summed E-state index contributed by atoms with van der Waals surface area (Å²) >= 11 is 5.99. The predicted octanol–water partition coefficient (Wildman–Crippen LogP) is 4.57. The highest BCUT2D eigenvalue weighted by Crippen LogP contribution is 2.21. The Hall–Kier alpha value is -2.20. The van der Waals surface area contributed by atoms with Crippen LogP contribution in [0.4, 0.5) is 10.5 Å². The van der Waals surface area contributed by atoms with Gasteiger partial charge in [-0.3, -0.25) is 4.90 Å². The highest BCUT2D eigenvalue weighted by molar-refractivity contribution is 6.31. The second kappa shape index (κ2) is 8.60. The number of hydrogen-bond donors (Lipinski definition) is 1. The third-order valence-electron chi connectivity index (χ3n) is 3.65. The molecule has 0 spiro atoms. The largest absolute Gasteiger partial charge is 0.492 e. The van der Waals surface area contributed by atoms with Crippen molar-refractivity contribution in [1.82, 2.24) is 5.32 Å². The van der Waals surface area contributed by atoms with Crippen molar-refractivity contribution < 1.29 is 9.53 Å². The number of halogens is 1. The standard InChI is InChI=1S/C19H23ClN2O2/c1-4-22(16-7-5-6-14(2)12-16)19(23)21-10-11-24-17-8-9-18(20)15(3)13-17/h5-9,12-13H,4,10-11H2,1-3H3,(H,21,23). The molecule has 0 radical (unpaired) electrons. The number of benzene rings is 2. The maximum atomic E-state index is 12.3. The van der Waals surface area contributed by atoms with Crippen molar-refractivity contribution in [2.75, 3.05) is 24.6 Å². The van der Waals surface area contributed by atoms with Gasteiger partial charge in [0.05, 0.1) is 6.54 Å². The number of nitrogens with one attached hydrogen (secondary N) is 1. The summed E-state index contributed by atoms with van der Waals surface area (Å²) in [5.41, 5.74) is 2.99. The quantitative estimate of drug-likeness (QED) is 0.778. The molecule has 2 aromatic carbocycles. The van der Waals surface area contributed by atoms with Gasteiger partial charge in [0.2, 0.25) is 0 Å². The molecular weight excluding hydrogens is 324 g/mol. The Morgan fingerprint density at radius 3 is 2.67 bits per heavy atom. The van der Waals surface area contributed by atoms with Gasteiger partial charge in [-0.25, -0.2) is 4.79 Å². The molecule has 0 saturated heterocycles. The molecule has 0 aromatic heterocycles. The number of amides is 2. The Morgan fingerprint density at radius 2 is 2.00 bits per heavy atom. The molecule has 128 valence electrons. The molecule has 0 unspecified atom stereocenters. The minimum Gasteiger partial charge on any atom is -0.492 e. The lowest BCUT2D eigenvalue weighted by Gasteiger charge is -2.22. The van der Waals surface area contributed by atoms with Crippen LogP contribution in [-0.2, 0) is 0 Å². The van der Waals surface area contributed by atoms with Crippen molar-refractivity contribution in [3.05, 3.63) is 58.6 Å². The van der Waals surface area contributed by atoms with Gasteiger partial charge >= 0.3 is 6.03 Å². The van der Waals surface area contributed by atoms with Gasteiger partial charge in [0.15, 0.2) is 0 Å². The number of carbonyl (C=O) groups excluding carboxylic acids is 1. The zero-order valence-corrected chi connectivity index (χ0v) is 15.1. The fraction of sp³-hybridized carbons (Fsp3) is 0.316. The summed E-state index contributed by atoms with van der Waals surface area (Å²) in [5, 5.41) is 3.60. The Labute approximate surface area is 148 Å². The number of urea groups is 1. The van der Waals surface area contributed by atoms with E-state index in [1.807, 2.05) is 57.2 Å². The second-order valence-electron chi connectivity index (χ2n) is 5.57. The monoisotopic (exact) mass is 346 g/mol. The maximum absolute atomic E-state index is 12.3. The predicted molar refractivity (Wildman–Crippen MR) is 99.3 cm³/mol. The van der Waals surface area contributed by atoms with E-state index in [-0.39, 0.29) is 6.03 Å². The van der Waals surface area contributed by atoms with Crippen LogP contribution < -0.4 is 15.0 Å². The Morgan fingerprint density at radius 1 is 1.21 bits per heavy atom. The van der Waals surface area contributed by atoms with Gasteiger partial charge < -0.3 is 10.1 Å². The van der Waals surface area contributed by atoms with Crippen LogP contribution in [0.3, 0.4) is 0 Å². The van der Waals surface area contributed by atoms with Crippen molar-refractivity contribution in [3.63, 3.8) is 0 Å². The van der Waals surface area contributed by atoms with Crippen LogP contribution in [-0.4, -0.2) is 25.7 Å². The average molecular weight is 347 g/mol. The molecule has 0 fully saturated rings. The molecule has 2 aromatic rings. The van der Waals surface area contributed by atoms with Gasteiger partial charge in [-0.1, -0.05) is 23.7 Å². The number of aryl methyl sites for hydroxylation is 2. The van der Waals surface area contributed by atoms with E-state index in [4.69, 9.17) is 16.3 Å². The molecule has 0 heterocycles. The van der Waals surface area contributed by atoms with Crippen LogP contribution >= 0.6 is 11.6 Å². The number of hydrogen-bond acceptors (Lipinski definition) is 2. The summed E-state index contributed by atoms with van der Waals surface area (Å²) in [6.45, 7) is 7.33. The molecule has 1 N–H and O–H groups in total. The molecule has 4 nitrogen and oxygen atoms in total. The second-order valence-corrected chi connectivity index (χ2v) is 5.98. The molecule has 0 bridgehead atoms. The molecule has 0 atom stereocenters. The molecule has 24 heavy (non-hydrogen) atoms. The number of nitrogens with zero attached hydrogens (tertiary/aromatic N) is 1. The van der Waals surface area contributed by atoms with Gasteiger partial charge in [0.25, 0.3) is 0 Å². The summed E-state index contributed by atoms with van der Waals surface area (Å²) < 4.78 is 5.64. The van der Waals surface area contributed by atoms with Crippen molar-refractivity contribution in [2.45, 2.75) is 20.8 Å². The molecule has 0 aliphatic carbocycles. The summed E-state index contributed by atoms with van der Waals surface area (Å²) in [6, 6.07) is 13.3. The first-order chi connectivity index (χ1) is 11.5. The van der Waals surface area contributed by atoms with Crippen molar-refractivity contribution in [1.29, 1.82) is 0 Å². The minimum absolute atomic E-state index is 0.126. The first-order valence-corrected chi connectivity index (χ1v) is 8.40.